The lowest BCUT2D eigenvalue weighted by molar-refractivity contribution is -0.117. The average molecular weight is 348 g/mol. The van der Waals surface area contributed by atoms with Crippen LogP contribution in [0.2, 0.25) is 0 Å². The SMILES string of the molecule is CCn1c(SCC(=O)NC2=NCCS2)nnc1-c1ccncc1. The van der Waals surface area contributed by atoms with Crippen molar-refractivity contribution in [3.05, 3.63) is 24.5 Å². The van der Waals surface area contributed by atoms with Gasteiger partial charge in [0, 0.05) is 30.3 Å². The summed E-state index contributed by atoms with van der Waals surface area (Å²) in [7, 11) is 0. The van der Waals surface area contributed by atoms with E-state index in [1.807, 2.05) is 23.6 Å². The maximum absolute atomic E-state index is 12.0. The predicted molar refractivity (Wildman–Crippen MR) is 92.6 cm³/mol. The van der Waals surface area contributed by atoms with Crippen molar-refractivity contribution in [3.8, 4) is 11.4 Å². The van der Waals surface area contributed by atoms with Gasteiger partial charge in [-0.05, 0) is 19.1 Å². The number of amidine groups is 1. The van der Waals surface area contributed by atoms with Crippen LogP contribution in [0.25, 0.3) is 11.4 Å². The van der Waals surface area contributed by atoms with Crippen molar-refractivity contribution in [2.75, 3.05) is 18.1 Å². The minimum atomic E-state index is -0.0701. The molecule has 1 aliphatic rings. The van der Waals surface area contributed by atoms with Crippen LogP contribution in [0.1, 0.15) is 6.92 Å². The van der Waals surface area contributed by atoms with Crippen LogP contribution >= 0.6 is 23.5 Å². The summed E-state index contributed by atoms with van der Waals surface area (Å²) in [4.78, 5) is 20.2. The lowest BCUT2D eigenvalue weighted by Gasteiger charge is -2.07. The van der Waals surface area contributed by atoms with Crippen molar-refractivity contribution in [3.63, 3.8) is 0 Å². The summed E-state index contributed by atoms with van der Waals surface area (Å²) in [6.07, 6.45) is 3.45. The standard InChI is InChI=1S/C14H16N6OS2/c1-2-20-12(10-3-5-15-6-4-10)18-19-14(20)23-9-11(21)17-13-16-7-8-22-13/h3-6H,2,7-9H2,1H3,(H,16,17,21). The molecule has 0 radical (unpaired) electrons. The lowest BCUT2D eigenvalue weighted by atomic mass is 10.2. The van der Waals surface area contributed by atoms with Crippen LogP contribution in [0.3, 0.4) is 0 Å². The van der Waals surface area contributed by atoms with Crippen molar-refractivity contribution in [1.29, 1.82) is 0 Å². The van der Waals surface area contributed by atoms with Crippen LogP contribution in [0.4, 0.5) is 0 Å². The summed E-state index contributed by atoms with van der Waals surface area (Å²) < 4.78 is 2.00. The number of hydrogen-bond acceptors (Lipinski definition) is 7. The van der Waals surface area contributed by atoms with Gasteiger partial charge in [-0.3, -0.25) is 14.8 Å². The first-order valence-electron chi connectivity index (χ1n) is 7.21. The maximum Gasteiger partial charge on any atom is 0.236 e. The average Bonchev–Trinajstić information content (AvgIpc) is 3.22. The Morgan fingerprint density at radius 2 is 2.22 bits per heavy atom. The molecular formula is C14H16N6OS2. The first kappa shape index (κ1) is 16.0. The molecule has 120 valence electrons. The molecule has 0 bridgehead atoms. The molecule has 2 aromatic heterocycles. The molecule has 0 atom stereocenters. The fraction of sp³-hybridized carbons (Fsp3) is 0.357. The number of nitrogens with one attached hydrogen (secondary N) is 1. The Hall–Kier alpha value is -1.87. The molecule has 7 nitrogen and oxygen atoms in total. The van der Waals surface area contributed by atoms with E-state index in [0.717, 1.165) is 35.4 Å². The first-order chi connectivity index (χ1) is 11.3. The molecule has 1 N–H and O–H groups in total. The molecule has 9 heteroatoms. The van der Waals surface area contributed by atoms with Crippen LogP contribution in [0.15, 0.2) is 34.7 Å². The monoisotopic (exact) mass is 348 g/mol. The van der Waals surface area contributed by atoms with E-state index in [0.29, 0.717) is 5.17 Å². The normalized spacial score (nSPS) is 13.9. The van der Waals surface area contributed by atoms with Crippen LogP contribution in [0.5, 0.6) is 0 Å². The zero-order valence-corrected chi connectivity index (χ0v) is 14.2. The molecule has 1 aliphatic heterocycles. The quantitative estimate of drug-likeness (QED) is 0.828. The van der Waals surface area contributed by atoms with Gasteiger partial charge < -0.3 is 9.88 Å². The highest BCUT2D eigenvalue weighted by molar-refractivity contribution is 8.14. The number of carbonyl (C=O) groups excluding carboxylic acids is 1. The Labute approximate surface area is 142 Å². The Morgan fingerprint density at radius 1 is 1.39 bits per heavy atom. The van der Waals surface area contributed by atoms with Gasteiger partial charge in [0.1, 0.15) is 0 Å². The summed E-state index contributed by atoms with van der Waals surface area (Å²) in [6.45, 7) is 3.53. The van der Waals surface area contributed by atoms with Crippen LogP contribution in [0, 0.1) is 0 Å². The smallest absolute Gasteiger partial charge is 0.236 e. The predicted octanol–water partition coefficient (Wildman–Crippen LogP) is 1.67. The molecule has 0 saturated heterocycles. The number of rotatable bonds is 5. The second-order valence-corrected chi connectivity index (χ2v) is 6.68. The van der Waals surface area contributed by atoms with Gasteiger partial charge in [0.2, 0.25) is 5.91 Å². The highest BCUT2D eigenvalue weighted by atomic mass is 32.2. The molecule has 3 rings (SSSR count). The molecule has 0 fully saturated rings. The molecule has 1 amide bonds. The van der Waals surface area contributed by atoms with Crippen LogP contribution < -0.4 is 5.32 Å². The highest BCUT2D eigenvalue weighted by Crippen LogP contribution is 2.23. The largest absolute Gasteiger partial charge is 0.305 e. The number of nitrogens with zero attached hydrogens (tertiary/aromatic N) is 5. The van der Waals surface area contributed by atoms with Crippen molar-refractivity contribution in [2.24, 2.45) is 4.99 Å². The molecule has 0 unspecified atom stereocenters. The number of hydrogen-bond donors (Lipinski definition) is 1. The minimum Gasteiger partial charge on any atom is -0.305 e. The number of aliphatic imine (C=N–C) groups is 1. The van der Waals surface area contributed by atoms with Gasteiger partial charge in [-0.15, -0.1) is 10.2 Å². The lowest BCUT2D eigenvalue weighted by Crippen LogP contribution is -2.29. The number of aromatic nitrogens is 4. The van der Waals surface area contributed by atoms with Gasteiger partial charge in [-0.25, -0.2) is 0 Å². The van der Waals surface area contributed by atoms with Crippen molar-refractivity contribution in [2.45, 2.75) is 18.6 Å². The summed E-state index contributed by atoms with van der Waals surface area (Å²) in [6, 6.07) is 3.79. The molecular weight excluding hydrogens is 332 g/mol. The zero-order chi connectivity index (χ0) is 16.1. The van der Waals surface area contributed by atoms with E-state index in [2.05, 4.69) is 25.5 Å². The van der Waals surface area contributed by atoms with E-state index in [1.165, 1.54) is 11.8 Å². The van der Waals surface area contributed by atoms with E-state index >= 15 is 0 Å². The Balaban J connectivity index is 1.66. The Bertz CT molecular complexity index is 715. The number of amides is 1. The number of thioether (sulfide) groups is 2. The van der Waals surface area contributed by atoms with Crippen molar-refractivity contribution < 1.29 is 4.79 Å². The third kappa shape index (κ3) is 3.91. The third-order valence-electron chi connectivity index (χ3n) is 3.14. The first-order valence-corrected chi connectivity index (χ1v) is 9.18. The van der Waals surface area contributed by atoms with E-state index < -0.39 is 0 Å². The van der Waals surface area contributed by atoms with Crippen molar-refractivity contribution >= 4 is 34.6 Å². The van der Waals surface area contributed by atoms with Gasteiger partial charge in [-0.2, -0.15) is 0 Å². The third-order valence-corrected chi connectivity index (χ3v) is 4.99. The number of pyridine rings is 1. The van der Waals surface area contributed by atoms with Gasteiger partial charge in [0.05, 0.1) is 12.3 Å². The molecule has 0 aliphatic carbocycles. The van der Waals surface area contributed by atoms with Crippen LogP contribution in [-0.4, -0.2) is 48.9 Å². The summed E-state index contributed by atoms with van der Waals surface area (Å²) in [5.41, 5.74) is 0.961. The summed E-state index contributed by atoms with van der Waals surface area (Å²) in [5, 5.41) is 12.7. The molecule has 0 saturated carbocycles. The molecule has 0 spiro atoms. The summed E-state index contributed by atoms with van der Waals surface area (Å²) >= 11 is 2.95. The van der Waals surface area contributed by atoms with Crippen LogP contribution in [-0.2, 0) is 11.3 Å². The minimum absolute atomic E-state index is 0.0701. The van der Waals surface area contributed by atoms with E-state index in [1.54, 1.807) is 24.2 Å². The number of carbonyl (C=O) groups is 1. The highest BCUT2D eigenvalue weighted by Gasteiger charge is 2.16. The summed E-state index contributed by atoms with van der Waals surface area (Å²) in [5.74, 6) is 1.93. The Kier molecular flexibility index (Phi) is 5.29. The van der Waals surface area contributed by atoms with Crippen molar-refractivity contribution in [1.82, 2.24) is 25.1 Å². The maximum atomic E-state index is 12.0. The van der Waals surface area contributed by atoms with Gasteiger partial charge in [0.15, 0.2) is 16.1 Å². The van der Waals surface area contributed by atoms with E-state index in [9.17, 15) is 4.79 Å². The van der Waals surface area contributed by atoms with Gasteiger partial charge in [-0.1, -0.05) is 23.5 Å². The van der Waals surface area contributed by atoms with Gasteiger partial charge >= 0.3 is 0 Å². The fourth-order valence-electron chi connectivity index (χ4n) is 2.09. The molecule has 2 aromatic rings. The molecule has 3 heterocycles. The second kappa shape index (κ2) is 7.60. The topological polar surface area (TPSA) is 85.1 Å². The molecule has 0 aromatic carbocycles. The van der Waals surface area contributed by atoms with E-state index in [-0.39, 0.29) is 11.7 Å². The fourth-order valence-corrected chi connectivity index (χ4v) is 3.64. The second-order valence-electron chi connectivity index (χ2n) is 4.66. The Morgan fingerprint density at radius 3 is 2.91 bits per heavy atom. The van der Waals surface area contributed by atoms with E-state index in [4.69, 9.17) is 0 Å². The van der Waals surface area contributed by atoms with Gasteiger partial charge in [0.25, 0.3) is 0 Å². The zero-order valence-electron chi connectivity index (χ0n) is 12.6. The molecule has 23 heavy (non-hydrogen) atoms.